The van der Waals surface area contributed by atoms with Crippen LogP contribution in [0.25, 0.3) is 11.0 Å². The Morgan fingerprint density at radius 2 is 2.00 bits per heavy atom. The lowest BCUT2D eigenvalue weighted by Gasteiger charge is -1.94. The second-order valence-corrected chi connectivity index (χ2v) is 2.42. The maximum Gasteiger partial charge on any atom is 0.242 e. The summed E-state index contributed by atoms with van der Waals surface area (Å²) >= 11 is 0. The first kappa shape index (κ1) is 7.58. The van der Waals surface area contributed by atoms with Crippen molar-refractivity contribution >= 4 is 22.9 Å². The van der Waals surface area contributed by atoms with Crippen LogP contribution < -0.4 is 0 Å². The van der Waals surface area contributed by atoms with Gasteiger partial charge in [-0.3, -0.25) is 4.98 Å². The third kappa shape index (κ3) is 1.43. The fraction of sp³-hybridized carbons (Fsp3) is 0. The van der Waals surface area contributed by atoms with Crippen LogP contribution in [0.1, 0.15) is 0 Å². The summed E-state index contributed by atoms with van der Waals surface area (Å²) in [4.78, 5) is 21.5. The minimum Gasteiger partial charge on any atom is -0.251 e. The first-order chi connectivity index (χ1) is 6.40. The predicted octanol–water partition coefficient (Wildman–Crippen LogP) is 1.60. The molecular weight excluding hydrogens is 166 g/mol. The number of benzene rings is 1. The van der Waals surface area contributed by atoms with Crippen LogP contribution in [0.2, 0.25) is 0 Å². The van der Waals surface area contributed by atoms with Gasteiger partial charge in [-0.15, -0.1) is 4.99 Å². The summed E-state index contributed by atoms with van der Waals surface area (Å²) in [6.45, 7) is 0. The molecule has 2 rings (SSSR count). The van der Waals surface area contributed by atoms with E-state index in [1.807, 2.05) is 24.3 Å². The molecule has 0 aliphatic carbocycles. The molecule has 0 saturated carbocycles. The lowest BCUT2D eigenvalue weighted by molar-refractivity contribution is 0.565. The Morgan fingerprint density at radius 1 is 1.23 bits per heavy atom. The molecule has 0 aliphatic heterocycles. The number of hydrogen-bond acceptors (Lipinski definition) is 4. The molecule has 0 N–H and O–H groups in total. The van der Waals surface area contributed by atoms with Gasteiger partial charge in [0, 0.05) is 0 Å². The van der Waals surface area contributed by atoms with Crippen molar-refractivity contribution < 1.29 is 4.79 Å². The number of hydrogen-bond donors (Lipinski definition) is 0. The minimum absolute atomic E-state index is 0.286. The molecule has 4 nitrogen and oxygen atoms in total. The van der Waals surface area contributed by atoms with Crippen LogP contribution in [0.15, 0.2) is 35.5 Å². The Balaban J connectivity index is 2.68. The number of para-hydroxylation sites is 2. The van der Waals surface area contributed by atoms with E-state index in [9.17, 15) is 4.79 Å². The van der Waals surface area contributed by atoms with Gasteiger partial charge in [-0.25, -0.2) is 9.78 Å². The van der Waals surface area contributed by atoms with Crippen LogP contribution in [-0.2, 0) is 4.79 Å². The highest BCUT2D eigenvalue weighted by molar-refractivity contribution is 5.75. The maximum atomic E-state index is 9.95. The molecule has 0 atom stereocenters. The topological polar surface area (TPSA) is 55.2 Å². The summed E-state index contributed by atoms with van der Waals surface area (Å²) in [6.07, 6.45) is 2.86. The molecule has 0 fully saturated rings. The molecule has 0 bridgehead atoms. The zero-order valence-electron chi connectivity index (χ0n) is 6.64. The molecule has 4 heteroatoms. The molecule has 1 aromatic heterocycles. The second kappa shape index (κ2) is 3.13. The molecule has 1 heterocycles. The molecular formula is C9H5N3O. The van der Waals surface area contributed by atoms with E-state index < -0.39 is 0 Å². The van der Waals surface area contributed by atoms with Crippen molar-refractivity contribution in [3.63, 3.8) is 0 Å². The molecule has 0 unspecified atom stereocenters. The van der Waals surface area contributed by atoms with Crippen molar-refractivity contribution in [3.05, 3.63) is 30.5 Å². The van der Waals surface area contributed by atoms with E-state index in [-0.39, 0.29) is 5.82 Å². The van der Waals surface area contributed by atoms with Crippen molar-refractivity contribution in [1.29, 1.82) is 0 Å². The molecule has 2 aromatic rings. The van der Waals surface area contributed by atoms with Gasteiger partial charge in [-0.2, -0.15) is 0 Å². The van der Waals surface area contributed by atoms with Crippen LogP contribution in [0.5, 0.6) is 0 Å². The summed E-state index contributed by atoms with van der Waals surface area (Å²) in [5, 5.41) is 0. The molecule has 0 spiro atoms. The number of aromatic nitrogens is 2. The van der Waals surface area contributed by atoms with Gasteiger partial charge in [0.1, 0.15) is 0 Å². The average Bonchev–Trinajstić information content (AvgIpc) is 2.18. The lowest BCUT2D eigenvalue weighted by Crippen LogP contribution is -1.81. The zero-order chi connectivity index (χ0) is 9.10. The normalized spacial score (nSPS) is 9.54. The molecule has 0 saturated heterocycles. The van der Waals surface area contributed by atoms with E-state index in [2.05, 4.69) is 15.0 Å². The zero-order valence-corrected chi connectivity index (χ0v) is 6.64. The Hall–Kier alpha value is -2.06. The van der Waals surface area contributed by atoms with Crippen LogP contribution in [0.3, 0.4) is 0 Å². The van der Waals surface area contributed by atoms with Gasteiger partial charge in [0.25, 0.3) is 0 Å². The molecule has 1 aromatic carbocycles. The quantitative estimate of drug-likeness (QED) is 0.483. The van der Waals surface area contributed by atoms with Crippen molar-refractivity contribution in [2.24, 2.45) is 4.99 Å². The number of nitrogens with zero attached hydrogens (tertiary/aromatic N) is 3. The fourth-order valence-corrected chi connectivity index (χ4v) is 1.05. The fourth-order valence-electron chi connectivity index (χ4n) is 1.05. The number of rotatable bonds is 1. The van der Waals surface area contributed by atoms with Gasteiger partial charge in [0.15, 0.2) is 5.82 Å². The Labute approximate surface area is 74.0 Å². The number of carbonyl (C=O) groups excluding carboxylic acids is 1. The molecule has 0 amide bonds. The average molecular weight is 171 g/mol. The van der Waals surface area contributed by atoms with Crippen molar-refractivity contribution in [2.45, 2.75) is 0 Å². The highest BCUT2D eigenvalue weighted by atomic mass is 16.1. The highest BCUT2D eigenvalue weighted by Gasteiger charge is 1.95. The summed E-state index contributed by atoms with van der Waals surface area (Å²) in [5.74, 6) is 0.286. The van der Waals surface area contributed by atoms with Gasteiger partial charge in [0.05, 0.1) is 17.2 Å². The summed E-state index contributed by atoms with van der Waals surface area (Å²) < 4.78 is 0. The van der Waals surface area contributed by atoms with Crippen LogP contribution >= 0.6 is 0 Å². The first-order valence-electron chi connectivity index (χ1n) is 3.70. The van der Waals surface area contributed by atoms with Gasteiger partial charge < -0.3 is 0 Å². The van der Waals surface area contributed by atoms with Crippen LogP contribution in [0.4, 0.5) is 5.82 Å². The van der Waals surface area contributed by atoms with Crippen molar-refractivity contribution in [1.82, 2.24) is 9.97 Å². The SMILES string of the molecule is O=C=Nc1cnc2ccccc2n1. The van der Waals surface area contributed by atoms with Crippen molar-refractivity contribution in [3.8, 4) is 0 Å². The molecule has 13 heavy (non-hydrogen) atoms. The van der Waals surface area contributed by atoms with E-state index in [1.54, 1.807) is 0 Å². The highest BCUT2D eigenvalue weighted by Crippen LogP contribution is 2.12. The predicted molar refractivity (Wildman–Crippen MR) is 47.3 cm³/mol. The van der Waals surface area contributed by atoms with E-state index in [4.69, 9.17) is 0 Å². The van der Waals surface area contributed by atoms with E-state index in [0.717, 1.165) is 11.0 Å². The van der Waals surface area contributed by atoms with Gasteiger partial charge in [-0.05, 0) is 12.1 Å². The van der Waals surface area contributed by atoms with Crippen molar-refractivity contribution in [2.75, 3.05) is 0 Å². The number of fused-ring (bicyclic) bond motifs is 1. The van der Waals surface area contributed by atoms with E-state index >= 15 is 0 Å². The van der Waals surface area contributed by atoms with E-state index in [1.165, 1.54) is 12.3 Å². The second-order valence-electron chi connectivity index (χ2n) is 2.42. The molecule has 0 radical (unpaired) electrons. The molecule has 0 aliphatic rings. The summed E-state index contributed by atoms with van der Waals surface area (Å²) in [5.41, 5.74) is 1.51. The lowest BCUT2D eigenvalue weighted by atomic mass is 10.3. The monoisotopic (exact) mass is 171 g/mol. The standard InChI is InChI=1S/C9H5N3O/c13-6-11-9-5-10-7-3-1-2-4-8(7)12-9/h1-5H. The maximum absolute atomic E-state index is 9.95. The molecule has 62 valence electrons. The Kier molecular flexibility index (Phi) is 1.82. The smallest absolute Gasteiger partial charge is 0.242 e. The van der Waals surface area contributed by atoms with Crippen LogP contribution in [-0.4, -0.2) is 16.0 Å². The Bertz CT molecular complexity index is 489. The van der Waals surface area contributed by atoms with Crippen LogP contribution in [0, 0.1) is 0 Å². The third-order valence-corrected chi connectivity index (χ3v) is 1.60. The number of aliphatic imine (C=N–C) groups is 1. The first-order valence-corrected chi connectivity index (χ1v) is 3.70. The van der Waals surface area contributed by atoms with Gasteiger partial charge in [-0.1, -0.05) is 12.1 Å². The summed E-state index contributed by atoms with van der Waals surface area (Å²) in [6, 6.07) is 7.38. The van der Waals surface area contributed by atoms with E-state index in [0.29, 0.717) is 0 Å². The van der Waals surface area contributed by atoms with Gasteiger partial charge in [0.2, 0.25) is 6.08 Å². The minimum atomic E-state index is 0.286. The summed E-state index contributed by atoms with van der Waals surface area (Å²) in [7, 11) is 0. The largest absolute Gasteiger partial charge is 0.251 e. The Morgan fingerprint density at radius 3 is 2.77 bits per heavy atom. The number of isocyanates is 1. The van der Waals surface area contributed by atoms with Gasteiger partial charge >= 0.3 is 0 Å². The third-order valence-electron chi connectivity index (χ3n) is 1.60.